The van der Waals surface area contributed by atoms with Gasteiger partial charge >= 0.3 is 0 Å². The number of nitrogens with two attached hydrogens (primary N) is 1. The minimum Gasteiger partial charge on any atom is -0.459 e. The largest absolute Gasteiger partial charge is 0.459 e. The van der Waals surface area contributed by atoms with Gasteiger partial charge in [-0.3, -0.25) is 0 Å². The summed E-state index contributed by atoms with van der Waals surface area (Å²) in [5, 5.41) is 1.87. The van der Waals surface area contributed by atoms with Crippen LogP contribution in [0.4, 0.5) is 0 Å². The van der Waals surface area contributed by atoms with Gasteiger partial charge in [-0.05, 0) is 37.0 Å². The second-order valence-electron chi connectivity index (χ2n) is 4.91. The molecule has 0 aliphatic rings. The van der Waals surface area contributed by atoms with Crippen LogP contribution in [0.2, 0.25) is 5.02 Å². The highest BCUT2D eigenvalue weighted by Gasteiger charge is 2.16. The Kier molecular flexibility index (Phi) is 3.45. The standard InChI is InChI=1S/C14H18ClNO/c1-8(2)4-11-12-6-10(15)5-9(3)14(12)17-13(11)7-16/h5-6,8H,4,7,16H2,1-3H3. The number of hydrogen-bond acceptors (Lipinski definition) is 2. The van der Waals surface area contributed by atoms with Crippen LogP contribution in [0.1, 0.15) is 30.7 Å². The van der Waals surface area contributed by atoms with E-state index in [1.165, 1.54) is 5.56 Å². The zero-order valence-corrected chi connectivity index (χ0v) is 11.3. The number of aryl methyl sites for hydroxylation is 1. The molecule has 0 saturated carbocycles. The lowest BCUT2D eigenvalue weighted by atomic mass is 9.99. The van der Waals surface area contributed by atoms with Crippen molar-refractivity contribution in [1.29, 1.82) is 0 Å². The van der Waals surface area contributed by atoms with E-state index >= 15 is 0 Å². The first kappa shape index (κ1) is 12.5. The fraction of sp³-hybridized carbons (Fsp3) is 0.429. The Morgan fingerprint density at radius 3 is 2.65 bits per heavy atom. The zero-order valence-electron chi connectivity index (χ0n) is 10.5. The van der Waals surface area contributed by atoms with Gasteiger partial charge in [0, 0.05) is 16.0 Å². The molecule has 0 unspecified atom stereocenters. The summed E-state index contributed by atoms with van der Waals surface area (Å²) in [6.45, 7) is 6.83. The summed E-state index contributed by atoms with van der Waals surface area (Å²) in [6, 6.07) is 3.90. The van der Waals surface area contributed by atoms with E-state index < -0.39 is 0 Å². The first-order valence-corrected chi connectivity index (χ1v) is 6.31. The lowest BCUT2D eigenvalue weighted by Gasteiger charge is -2.05. The highest BCUT2D eigenvalue weighted by atomic mass is 35.5. The van der Waals surface area contributed by atoms with Crippen LogP contribution in [0.25, 0.3) is 11.0 Å². The summed E-state index contributed by atoms with van der Waals surface area (Å²) in [6.07, 6.45) is 0.972. The molecule has 0 bridgehead atoms. The molecule has 0 amide bonds. The van der Waals surface area contributed by atoms with Gasteiger partial charge in [-0.1, -0.05) is 25.4 Å². The molecule has 0 radical (unpaired) electrons. The van der Waals surface area contributed by atoms with E-state index in [-0.39, 0.29) is 0 Å². The number of halogens is 1. The van der Waals surface area contributed by atoms with Crippen molar-refractivity contribution in [2.45, 2.75) is 33.7 Å². The molecule has 0 atom stereocenters. The molecule has 1 aromatic heterocycles. The first-order valence-electron chi connectivity index (χ1n) is 5.93. The molecule has 1 aromatic carbocycles. The molecule has 0 aliphatic carbocycles. The maximum Gasteiger partial charge on any atom is 0.137 e. The molecule has 0 spiro atoms. The van der Waals surface area contributed by atoms with Gasteiger partial charge in [-0.25, -0.2) is 0 Å². The Labute approximate surface area is 107 Å². The molecule has 1 heterocycles. The Hall–Kier alpha value is -0.990. The van der Waals surface area contributed by atoms with Crippen molar-refractivity contribution in [3.05, 3.63) is 34.0 Å². The Bertz CT molecular complexity index is 543. The Morgan fingerprint density at radius 2 is 2.06 bits per heavy atom. The van der Waals surface area contributed by atoms with Crippen molar-refractivity contribution in [1.82, 2.24) is 0 Å². The van der Waals surface area contributed by atoms with Crippen LogP contribution >= 0.6 is 11.6 Å². The molecular weight excluding hydrogens is 234 g/mol. The fourth-order valence-corrected chi connectivity index (χ4v) is 2.49. The van der Waals surface area contributed by atoms with E-state index in [9.17, 15) is 0 Å². The maximum atomic E-state index is 6.11. The predicted octanol–water partition coefficient (Wildman–Crippen LogP) is 4.05. The highest BCUT2D eigenvalue weighted by molar-refractivity contribution is 6.31. The topological polar surface area (TPSA) is 39.2 Å². The molecule has 0 fully saturated rings. The number of furan rings is 1. The van der Waals surface area contributed by atoms with Crippen molar-refractivity contribution < 1.29 is 4.42 Å². The van der Waals surface area contributed by atoms with Crippen molar-refractivity contribution in [3.63, 3.8) is 0 Å². The molecule has 0 saturated heterocycles. The van der Waals surface area contributed by atoms with Crippen molar-refractivity contribution >= 4 is 22.6 Å². The van der Waals surface area contributed by atoms with E-state index in [2.05, 4.69) is 13.8 Å². The van der Waals surface area contributed by atoms with Crippen molar-refractivity contribution in [2.24, 2.45) is 11.7 Å². The van der Waals surface area contributed by atoms with E-state index in [0.29, 0.717) is 12.5 Å². The van der Waals surface area contributed by atoms with Crippen LogP contribution in [0, 0.1) is 12.8 Å². The van der Waals surface area contributed by atoms with Gasteiger partial charge in [0.2, 0.25) is 0 Å². The number of hydrogen-bond donors (Lipinski definition) is 1. The van der Waals surface area contributed by atoms with Gasteiger partial charge in [-0.2, -0.15) is 0 Å². The van der Waals surface area contributed by atoms with Gasteiger partial charge in [0.25, 0.3) is 0 Å². The van der Waals surface area contributed by atoms with Crippen LogP contribution in [-0.2, 0) is 13.0 Å². The van der Waals surface area contributed by atoms with E-state index in [1.807, 2.05) is 19.1 Å². The summed E-state index contributed by atoms with van der Waals surface area (Å²) in [5.41, 5.74) is 8.95. The Balaban J connectivity index is 2.69. The molecule has 3 heteroatoms. The number of rotatable bonds is 3. The monoisotopic (exact) mass is 251 g/mol. The van der Waals surface area contributed by atoms with Crippen LogP contribution in [-0.4, -0.2) is 0 Å². The van der Waals surface area contributed by atoms with Crippen molar-refractivity contribution in [2.75, 3.05) is 0 Å². The summed E-state index contributed by atoms with van der Waals surface area (Å²) in [7, 11) is 0. The summed E-state index contributed by atoms with van der Waals surface area (Å²) >= 11 is 6.11. The van der Waals surface area contributed by atoms with Crippen molar-refractivity contribution in [3.8, 4) is 0 Å². The smallest absolute Gasteiger partial charge is 0.137 e. The quantitative estimate of drug-likeness (QED) is 0.894. The van der Waals surface area contributed by atoms with Crippen LogP contribution < -0.4 is 5.73 Å². The van der Waals surface area contributed by atoms with Gasteiger partial charge in [0.1, 0.15) is 11.3 Å². The molecular formula is C14H18ClNO. The first-order chi connectivity index (χ1) is 8.02. The SMILES string of the molecule is Cc1cc(Cl)cc2c(CC(C)C)c(CN)oc12. The molecule has 2 aromatic rings. The summed E-state index contributed by atoms with van der Waals surface area (Å²) < 4.78 is 5.85. The average Bonchev–Trinajstić information content (AvgIpc) is 2.56. The van der Waals surface area contributed by atoms with E-state index in [4.69, 9.17) is 21.8 Å². The Morgan fingerprint density at radius 1 is 1.35 bits per heavy atom. The third-order valence-electron chi connectivity index (χ3n) is 2.92. The van der Waals surface area contributed by atoms with E-state index in [0.717, 1.165) is 33.7 Å². The maximum absolute atomic E-state index is 6.11. The van der Waals surface area contributed by atoms with Gasteiger partial charge in [-0.15, -0.1) is 0 Å². The molecule has 17 heavy (non-hydrogen) atoms. The minimum absolute atomic E-state index is 0.438. The second kappa shape index (κ2) is 4.71. The molecule has 2 rings (SSSR count). The third kappa shape index (κ3) is 2.33. The number of benzene rings is 1. The predicted molar refractivity (Wildman–Crippen MR) is 72.4 cm³/mol. The summed E-state index contributed by atoms with van der Waals surface area (Å²) in [5.74, 6) is 1.46. The van der Waals surface area contributed by atoms with E-state index in [1.54, 1.807) is 0 Å². The van der Waals surface area contributed by atoms with Gasteiger partial charge in [0.05, 0.1) is 6.54 Å². The molecule has 92 valence electrons. The van der Waals surface area contributed by atoms with Crippen LogP contribution in [0.15, 0.2) is 16.5 Å². The van der Waals surface area contributed by atoms with Gasteiger partial charge < -0.3 is 10.2 Å². The highest BCUT2D eigenvalue weighted by Crippen LogP contribution is 2.32. The second-order valence-corrected chi connectivity index (χ2v) is 5.34. The average molecular weight is 252 g/mol. The lowest BCUT2D eigenvalue weighted by Crippen LogP contribution is -2.01. The minimum atomic E-state index is 0.438. The lowest BCUT2D eigenvalue weighted by molar-refractivity contribution is 0.534. The van der Waals surface area contributed by atoms with Crippen LogP contribution in [0.3, 0.4) is 0 Å². The fourth-order valence-electron chi connectivity index (χ4n) is 2.22. The van der Waals surface area contributed by atoms with Crippen LogP contribution in [0.5, 0.6) is 0 Å². The zero-order chi connectivity index (χ0) is 12.6. The molecule has 2 nitrogen and oxygen atoms in total. The third-order valence-corrected chi connectivity index (χ3v) is 3.14. The molecule has 0 aliphatic heterocycles. The normalized spacial score (nSPS) is 11.6. The molecule has 2 N–H and O–H groups in total. The number of fused-ring (bicyclic) bond motifs is 1. The summed E-state index contributed by atoms with van der Waals surface area (Å²) in [4.78, 5) is 0. The van der Waals surface area contributed by atoms with Gasteiger partial charge in [0.15, 0.2) is 0 Å².